The van der Waals surface area contributed by atoms with Crippen molar-refractivity contribution in [3.05, 3.63) is 36.0 Å². The van der Waals surface area contributed by atoms with E-state index in [1.807, 2.05) is 31.3 Å². The van der Waals surface area contributed by atoms with E-state index in [0.29, 0.717) is 45.1 Å². The van der Waals surface area contributed by atoms with E-state index in [0.717, 1.165) is 79.8 Å². The number of aryl methyl sites for hydroxylation is 1. The normalized spacial score (nSPS) is 23.0. The van der Waals surface area contributed by atoms with Gasteiger partial charge in [0.2, 0.25) is 0 Å². The molecule has 3 heterocycles. The number of carbonyl (C=O) groups excluding carboxylic acids is 1. The van der Waals surface area contributed by atoms with Crippen molar-refractivity contribution in [1.29, 1.82) is 5.26 Å². The van der Waals surface area contributed by atoms with Crippen LogP contribution in [0.2, 0.25) is 0 Å². The van der Waals surface area contributed by atoms with E-state index in [2.05, 4.69) is 46.9 Å². The Morgan fingerprint density at radius 2 is 1.88 bits per heavy atom. The first-order valence-corrected chi connectivity index (χ1v) is 15.8. The summed E-state index contributed by atoms with van der Waals surface area (Å²) in [5, 5.41) is 20.5. The van der Waals surface area contributed by atoms with Gasteiger partial charge in [-0.05, 0) is 95.9 Å². The summed E-state index contributed by atoms with van der Waals surface area (Å²) >= 11 is 0. The molecule has 1 atom stereocenters. The quantitative estimate of drug-likeness (QED) is 0.274. The number of anilines is 2. The van der Waals surface area contributed by atoms with Gasteiger partial charge in [-0.25, -0.2) is 14.8 Å². The number of nitrogens with zero attached hydrogens (tertiary/aromatic N) is 3. The van der Waals surface area contributed by atoms with Crippen molar-refractivity contribution in [2.75, 3.05) is 43.6 Å². The molecule has 5 rings (SSSR count). The zero-order chi connectivity index (χ0) is 30.3. The highest BCUT2D eigenvalue weighted by Crippen LogP contribution is 2.41. The fraction of sp³-hybridized carbons (Fsp3) is 0.636. The molecule has 0 radical (unpaired) electrons. The molecule has 0 aromatic carbocycles. The van der Waals surface area contributed by atoms with Gasteiger partial charge in [-0.1, -0.05) is 6.07 Å². The van der Waals surface area contributed by atoms with Crippen LogP contribution in [0.15, 0.2) is 30.5 Å². The molecular formula is C33H46N6O4. The van der Waals surface area contributed by atoms with Crippen LogP contribution in [0.3, 0.4) is 0 Å². The molecule has 10 heteroatoms. The molecule has 43 heavy (non-hydrogen) atoms. The van der Waals surface area contributed by atoms with Crippen LogP contribution in [0.1, 0.15) is 70.8 Å². The van der Waals surface area contributed by atoms with Crippen molar-refractivity contribution in [2.24, 2.45) is 5.41 Å². The number of hydrogen-bond acceptors (Lipinski definition) is 10. The first-order valence-electron chi connectivity index (χ1n) is 15.8. The van der Waals surface area contributed by atoms with Crippen LogP contribution in [-0.4, -0.2) is 72.6 Å². The Bertz CT molecular complexity index is 1280. The number of ether oxygens (including phenoxy) is 3. The lowest BCUT2D eigenvalue weighted by Crippen LogP contribution is -2.44. The molecule has 2 aliphatic carbocycles. The minimum absolute atomic E-state index is 0.169. The first-order chi connectivity index (χ1) is 20.8. The first kappa shape index (κ1) is 31.2. The minimum atomic E-state index is -0.703. The summed E-state index contributed by atoms with van der Waals surface area (Å²) in [6.45, 7) is 8.70. The summed E-state index contributed by atoms with van der Waals surface area (Å²) in [7, 11) is 0. The molecule has 232 valence electrons. The van der Waals surface area contributed by atoms with Crippen molar-refractivity contribution < 1.29 is 19.0 Å². The third-order valence-electron chi connectivity index (χ3n) is 8.98. The van der Waals surface area contributed by atoms with E-state index >= 15 is 0 Å². The molecule has 3 N–H and O–H groups in total. The zero-order valence-corrected chi connectivity index (χ0v) is 25.8. The Balaban J connectivity index is 1.11. The van der Waals surface area contributed by atoms with E-state index < -0.39 is 11.0 Å². The summed E-state index contributed by atoms with van der Waals surface area (Å²) in [6, 6.07) is 11.5. The second-order valence-corrected chi connectivity index (χ2v) is 12.4. The van der Waals surface area contributed by atoms with Gasteiger partial charge in [0.25, 0.3) is 0 Å². The lowest BCUT2D eigenvalue weighted by Gasteiger charge is -2.32. The molecule has 1 aliphatic heterocycles. The maximum atomic E-state index is 12.2. The summed E-state index contributed by atoms with van der Waals surface area (Å²) in [4.78, 5) is 21.7. The van der Waals surface area contributed by atoms with Crippen LogP contribution in [-0.2, 0) is 19.0 Å². The molecule has 2 aromatic heterocycles. The molecule has 0 unspecified atom stereocenters. The zero-order valence-electron chi connectivity index (χ0n) is 25.8. The van der Waals surface area contributed by atoms with Gasteiger partial charge < -0.3 is 30.2 Å². The number of aromatic nitrogens is 2. The summed E-state index contributed by atoms with van der Waals surface area (Å²) < 4.78 is 16.6. The average molecular weight is 591 g/mol. The van der Waals surface area contributed by atoms with E-state index in [4.69, 9.17) is 19.2 Å². The number of nitriles is 1. The Morgan fingerprint density at radius 1 is 1.14 bits per heavy atom. The van der Waals surface area contributed by atoms with Crippen molar-refractivity contribution in [3.8, 4) is 17.3 Å². The predicted molar refractivity (Wildman–Crippen MR) is 166 cm³/mol. The lowest BCUT2D eigenvalue weighted by molar-refractivity contribution is -0.160. The van der Waals surface area contributed by atoms with Gasteiger partial charge in [-0.2, -0.15) is 5.26 Å². The van der Waals surface area contributed by atoms with Crippen molar-refractivity contribution in [2.45, 2.75) is 95.9 Å². The van der Waals surface area contributed by atoms with Gasteiger partial charge in [-0.3, -0.25) is 0 Å². The minimum Gasteiger partial charge on any atom is -0.464 e. The van der Waals surface area contributed by atoms with Crippen LogP contribution < -0.4 is 16.0 Å². The Morgan fingerprint density at radius 3 is 2.58 bits per heavy atom. The molecule has 3 aliphatic rings. The second-order valence-electron chi connectivity index (χ2n) is 12.4. The fourth-order valence-electron chi connectivity index (χ4n) is 6.04. The van der Waals surface area contributed by atoms with Crippen LogP contribution >= 0.6 is 0 Å². The number of pyridine rings is 2. The maximum Gasteiger partial charge on any atom is 0.338 e. The standard InChI is InChI=1S/C33H46N6O4/c1-4-42-31(40)33(12-13-33)43-20-24(3)37-25-8-10-26(11-9-25)38-30-18-27(23(2)19-35-30)28-6-5-7-29(39-28)36-22-32(21-34)14-16-41-17-15-32/h5-7,18-19,24-26,37H,4,8-17,20,22H2,1-3H3,(H,35,38)(H,36,39)/t24-,25-,26-/m1/s1. The molecule has 0 spiro atoms. The highest BCUT2D eigenvalue weighted by Gasteiger charge is 2.53. The van der Waals surface area contributed by atoms with Crippen LogP contribution in [0.5, 0.6) is 0 Å². The number of carbonyl (C=O) groups is 1. The topological polar surface area (TPSA) is 130 Å². The number of nitrogens with one attached hydrogen (secondary N) is 3. The van der Waals surface area contributed by atoms with Gasteiger partial charge in [-0.15, -0.1) is 0 Å². The van der Waals surface area contributed by atoms with Crippen molar-refractivity contribution in [1.82, 2.24) is 15.3 Å². The van der Waals surface area contributed by atoms with Crippen molar-refractivity contribution >= 4 is 17.6 Å². The van der Waals surface area contributed by atoms with E-state index in [1.54, 1.807) is 0 Å². The van der Waals surface area contributed by atoms with Gasteiger partial charge in [0.1, 0.15) is 11.6 Å². The Hall–Kier alpha value is -3.26. The molecule has 2 aromatic rings. The summed E-state index contributed by atoms with van der Waals surface area (Å²) in [5.41, 5.74) is 1.87. The number of rotatable bonds is 13. The molecule has 2 saturated carbocycles. The van der Waals surface area contributed by atoms with Gasteiger partial charge in [0.15, 0.2) is 5.60 Å². The molecule has 0 bridgehead atoms. The van der Waals surface area contributed by atoms with Crippen molar-refractivity contribution in [3.63, 3.8) is 0 Å². The van der Waals surface area contributed by atoms with E-state index in [-0.39, 0.29) is 12.0 Å². The largest absolute Gasteiger partial charge is 0.464 e. The maximum absolute atomic E-state index is 12.2. The van der Waals surface area contributed by atoms with Gasteiger partial charge >= 0.3 is 5.97 Å². The van der Waals surface area contributed by atoms with Crippen LogP contribution in [0.4, 0.5) is 11.6 Å². The summed E-state index contributed by atoms with van der Waals surface area (Å²) in [5.74, 6) is 1.40. The SMILES string of the molecule is CCOC(=O)C1(OC[C@@H](C)N[C@H]2CC[C@H](Nc3cc(-c4cccc(NCC5(C#N)CCOCC5)n4)c(C)cn3)CC2)CC1. The van der Waals surface area contributed by atoms with Crippen LogP contribution in [0.25, 0.3) is 11.3 Å². The third-order valence-corrected chi connectivity index (χ3v) is 8.98. The fourth-order valence-corrected chi connectivity index (χ4v) is 6.04. The van der Waals surface area contributed by atoms with Gasteiger partial charge in [0, 0.05) is 49.6 Å². The molecule has 3 fully saturated rings. The second kappa shape index (κ2) is 14.0. The highest BCUT2D eigenvalue weighted by atomic mass is 16.6. The highest BCUT2D eigenvalue weighted by molar-refractivity contribution is 5.82. The van der Waals surface area contributed by atoms with E-state index in [9.17, 15) is 10.1 Å². The van der Waals surface area contributed by atoms with Gasteiger partial charge in [0.05, 0.1) is 30.4 Å². The van der Waals surface area contributed by atoms with Crippen LogP contribution in [0, 0.1) is 23.7 Å². The Kier molecular flexibility index (Phi) is 10.2. The lowest BCUT2D eigenvalue weighted by atomic mass is 9.82. The smallest absolute Gasteiger partial charge is 0.338 e. The van der Waals surface area contributed by atoms with E-state index in [1.165, 1.54) is 0 Å². The number of esters is 1. The average Bonchev–Trinajstić information content (AvgIpc) is 3.83. The summed E-state index contributed by atoms with van der Waals surface area (Å²) in [6.07, 6.45) is 9.10. The number of hydrogen-bond donors (Lipinski definition) is 3. The molecular weight excluding hydrogens is 544 g/mol. The monoisotopic (exact) mass is 590 g/mol. The Labute approximate surface area is 255 Å². The predicted octanol–water partition coefficient (Wildman–Crippen LogP) is 5.00. The molecule has 1 saturated heterocycles. The molecule has 0 amide bonds. The third kappa shape index (κ3) is 8.02. The molecule has 10 nitrogen and oxygen atoms in total.